The SMILES string of the molecule is CC/C=C\C/C=C\C/C=C\C/C=C\C/C=C\CCCCCCCCCCCC(=O)OC1C(OCC(NC(=O)C(O)CCCCCCCCCCCC/C=C/CCCCCCCC)C(O)/C=C/CCCCCCCCCCCCC)OC(CO)C(O)C1O. The van der Waals surface area contributed by atoms with Crippen LogP contribution in [0.5, 0.6) is 0 Å². The van der Waals surface area contributed by atoms with Crippen molar-refractivity contribution < 1.29 is 49.3 Å². The van der Waals surface area contributed by atoms with Gasteiger partial charge >= 0.3 is 5.97 Å². The minimum atomic E-state index is -1.62. The summed E-state index contributed by atoms with van der Waals surface area (Å²) in [6.07, 6.45) is 73.3. The number of aliphatic hydroxyl groups excluding tert-OH is 5. The predicted octanol–water partition coefficient (Wildman–Crippen LogP) is 18.8. The summed E-state index contributed by atoms with van der Waals surface area (Å²) in [5, 5.41) is 57.3. The van der Waals surface area contributed by atoms with Gasteiger partial charge in [-0.3, -0.25) is 9.59 Å². The highest BCUT2D eigenvalue weighted by molar-refractivity contribution is 5.80. The molecule has 1 heterocycles. The average molecular weight is 1220 g/mol. The van der Waals surface area contributed by atoms with Crippen molar-refractivity contribution in [1.82, 2.24) is 5.32 Å². The first-order valence-corrected chi connectivity index (χ1v) is 36.4. The first-order chi connectivity index (χ1) is 42.7. The van der Waals surface area contributed by atoms with E-state index in [0.717, 1.165) is 103 Å². The number of unbranched alkanes of at least 4 members (excludes halogenated alkanes) is 36. The van der Waals surface area contributed by atoms with Gasteiger partial charge in [0.15, 0.2) is 12.4 Å². The van der Waals surface area contributed by atoms with Gasteiger partial charge in [0.1, 0.15) is 24.4 Å². The maximum atomic E-state index is 13.5. The molecular weight excluding hydrogens is 1090 g/mol. The summed E-state index contributed by atoms with van der Waals surface area (Å²) in [7, 11) is 0. The van der Waals surface area contributed by atoms with Gasteiger partial charge in [-0.05, 0) is 96.3 Å². The summed E-state index contributed by atoms with van der Waals surface area (Å²) >= 11 is 0. The zero-order chi connectivity index (χ0) is 63.1. The molecule has 0 aromatic heterocycles. The second-order valence-corrected chi connectivity index (χ2v) is 24.9. The van der Waals surface area contributed by atoms with E-state index in [0.29, 0.717) is 12.8 Å². The Balaban J connectivity index is 2.58. The van der Waals surface area contributed by atoms with Gasteiger partial charge in [0.2, 0.25) is 5.91 Å². The van der Waals surface area contributed by atoms with Crippen LogP contribution in [0.4, 0.5) is 0 Å². The summed E-state index contributed by atoms with van der Waals surface area (Å²) in [4.78, 5) is 26.7. The lowest BCUT2D eigenvalue weighted by Crippen LogP contribution is -2.61. The molecule has 1 rings (SSSR count). The largest absolute Gasteiger partial charge is 0.454 e. The van der Waals surface area contributed by atoms with Crippen molar-refractivity contribution in [2.75, 3.05) is 13.2 Å². The molecule has 0 spiro atoms. The van der Waals surface area contributed by atoms with Gasteiger partial charge < -0.3 is 45.1 Å². The van der Waals surface area contributed by atoms with E-state index >= 15 is 0 Å². The van der Waals surface area contributed by atoms with Crippen molar-refractivity contribution in [1.29, 1.82) is 0 Å². The Labute approximate surface area is 533 Å². The van der Waals surface area contributed by atoms with E-state index in [1.54, 1.807) is 6.08 Å². The predicted molar refractivity (Wildman–Crippen MR) is 366 cm³/mol. The molecule has 0 aliphatic carbocycles. The van der Waals surface area contributed by atoms with Gasteiger partial charge in [0, 0.05) is 6.42 Å². The van der Waals surface area contributed by atoms with E-state index in [2.05, 4.69) is 99.0 Å². The number of hydrogen-bond donors (Lipinski definition) is 6. The Morgan fingerprint density at radius 3 is 1.25 bits per heavy atom. The van der Waals surface area contributed by atoms with E-state index in [1.165, 1.54) is 173 Å². The van der Waals surface area contributed by atoms with Crippen molar-refractivity contribution in [2.24, 2.45) is 0 Å². The van der Waals surface area contributed by atoms with Crippen molar-refractivity contribution in [3.05, 3.63) is 85.1 Å². The molecule has 1 fully saturated rings. The summed E-state index contributed by atoms with van der Waals surface area (Å²) in [6, 6.07) is -1.03. The van der Waals surface area contributed by atoms with Crippen molar-refractivity contribution in [2.45, 2.75) is 372 Å². The molecular formula is C76H135NO10. The molecule has 0 saturated carbocycles. The smallest absolute Gasteiger partial charge is 0.306 e. The number of carbonyl (C=O) groups excluding carboxylic acids is 2. The lowest BCUT2D eigenvalue weighted by Gasteiger charge is -2.41. The quantitative estimate of drug-likeness (QED) is 0.0195. The number of aliphatic hydroxyl groups is 5. The van der Waals surface area contributed by atoms with Crippen LogP contribution in [0.2, 0.25) is 0 Å². The first-order valence-electron chi connectivity index (χ1n) is 36.4. The number of carbonyl (C=O) groups is 2. The van der Waals surface area contributed by atoms with Crippen molar-refractivity contribution in [3.8, 4) is 0 Å². The third-order valence-corrected chi connectivity index (χ3v) is 16.8. The first kappa shape index (κ1) is 81.9. The summed E-state index contributed by atoms with van der Waals surface area (Å²) in [5.41, 5.74) is 0. The topological polar surface area (TPSA) is 175 Å². The van der Waals surface area contributed by atoms with Crippen LogP contribution in [-0.4, -0.2) is 99.6 Å². The van der Waals surface area contributed by atoms with Gasteiger partial charge in [-0.15, -0.1) is 0 Å². The molecule has 11 nitrogen and oxygen atoms in total. The fourth-order valence-electron chi connectivity index (χ4n) is 11.1. The normalized spacial score (nSPS) is 18.7. The second kappa shape index (κ2) is 63.0. The van der Waals surface area contributed by atoms with Crippen molar-refractivity contribution >= 4 is 11.9 Å². The highest BCUT2D eigenvalue weighted by atomic mass is 16.7. The van der Waals surface area contributed by atoms with Crippen LogP contribution in [0.1, 0.15) is 323 Å². The molecule has 1 aliphatic heterocycles. The molecule has 6 N–H and O–H groups in total. The number of rotatable bonds is 62. The maximum absolute atomic E-state index is 13.5. The second-order valence-electron chi connectivity index (χ2n) is 24.9. The Morgan fingerprint density at radius 2 is 0.828 bits per heavy atom. The van der Waals surface area contributed by atoms with Crippen LogP contribution < -0.4 is 5.32 Å². The molecule has 8 unspecified atom stereocenters. The van der Waals surface area contributed by atoms with Crippen LogP contribution >= 0.6 is 0 Å². The molecule has 87 heavy (non-hydrogen) atoms. The molecule has 504 valence electrons. The lowest BCUT2D eigenvalue weighted by atomic mass is 9.99. The number of nitrogens with one attached hydrogen (secondary N) is 1. The van der Waals surface area contributed by atoms with E-state index in [1.807, 2.05) is 6.08 Å². The van der Waals surface area contributed by atoms with Gasteiger partial charge in [-0.25, -0.2) is 0 Å². The molecule has 0 aromatic carbocycles. The number of allylic oxidation sites excluding steroid dienone is 13. The fourth-order valence-corrected chi connectivity index (χ4v) is 11.1. The van der Waals surface area contributed by atoms with E-state index in [9.17, 15) is 35.1 Å². The number of esters is 1. The molecule has 8 atom stereocenters. The van der Waals surface area contributed by atoms with Gasteiger partial charge in [0.05, 0.1) is 25.4 Å². The molecule has 0 aromatic rings. The van der Waals surface area contributed by atoms with Gasteiger partial charge in [-0.2, -0.15) is 0 Å². The Hall–Kier alpha value is -3.16. The van der Waals surface area contributed by atoms with E-state index in [4.69, 9.17) is 14.2 Å². The number of amides is 1. The third kappa shape index (κ3) is 50.2. The Morgan fingerprint density at radius 1 is 0.460 bits per heavy atom. The molecule has 0 bridgehead atoms. The van der Waals surface area contributed by atoms with E-state index in [-0.39, 0.29) is 19.4 Å². The molecule has 11 heteroatoms. The summed E-state index contributed by atoms with van der Waals surface area (Å²) in [6.45, 7) is 5.71. The molecule has 1 amide bonds. The minimum absolute atomic E-state index is 0.113. The molecule has 0 radical (unpaired) electrons. The van der Waals surface area contributed by atoms with Gasteiger partial charge in [0.25, 0.3) is 0 Å². The Kier molecular flexibility index (Phi) is 59.3. The zero-order valence-corrected chi connectivity index (χ0v) is 56.1. The molecule has 1 saturated heterocycles. The fraction of sp³-hybridized carbons (Fsp3) is 0.789. The lowest BCUT2D eigenvalue weighted by molar-refractivity contribution is -0.305. The maximum Gasteiger partial charge on any atom is 0.306 e. The number of hydrogen-bond acceptors (Lipinski definition) is 10. The monoisotopic (exact) mass is 1220 g/mol. The van der Waals surface area contributed by atoms with Crippen LogP contribution in [0.25, 0.3) is 0 Å². The van der Waals surface area contributed by atoms with Gasteiger partial charge in [-0.1, -0.05) is 305 Å². The van der Waals surface area contributed by atoms with Crippen LogP contribution in [0, 0.1) is 0 Å². The summed E-state index contributed by atoms with van der Waals surface area (Å²) < 4.78 is 17.7. The highest BCUT2D eigenvalue weighted by Crippen LogP contribution is 2.26. The van der Waals surface area contributed by atoms with Crippen molar-refractivity contribution in [3.63, 3.8) is 0 Å². The van der Waals surface area contributed by atoms with Crippen LogP contribution in [-0.2, 0) is 23.8 Å². The minimum Gasteiger partial charge on any atom is -0.454 e. The third-order valence-electron chi connectivity index (χ3n) is 16.8. The molecule has 1 aliphatic rings. The Bertz CT molecular complexity index is 1740. The van der Waals surface area contributed by atoms with Crippen LogP contribution in [0.3, 0.4) is 0 Å². The summed E-state index contributed by atoms with van der Waals surface area (Å²) in [5.74, 6) is -1.20. The highest BCUT2D eigenvalue weighted by Gasteiger charge is 2.47. The zero-order valence-electron chi connectivity index (χ0n) is 56.1. The van der Waals surface area contributed by atoms with E-state index < -0.39 is 67.4 Å². The van der Waals surface area contributed by atoms with Crippen LogP contribution in [0.15, 0.2) is 85.1 Å². The standard InChI is InChI=1S/C76H135NO10/c1-4-7-10-13-16-19-22-25-27-29-31-33-34-35-36-37-39-41-43-46-49-52-55-58-61-64-71(81)87-74-73(83)72(82)70(65-78)86-76(74)85-66-67(68(79)62-59-56-53-50-47-44-24-21-18-15-12-9-6-3)77-75(84)69(80)63-60-57-54-51-48-45-42-40-38-32-30-28-26-23-20-17-14-11-8-5-2/h7,10,16,19,25-28,31,33,35-36,59,62,67-70,72-74,76,78-80,82-83H,4-6,8-9,11-15,17-18,20-24,29-30,32,34,37-58,60-61,63-66H2,1-3H3,(H,77,84)/b10-7-,19-16-,27-25-,28-26+,33-31-,36-35-,62-59+. The average Bonchev–Trinajstić information content (AvgIpc) is 2.32. The number of ether oxygens (including phenoxy) is 3.